The van der Waals surface area contributed by atoms with Crippen LogP contribution >= 0.6 is 15.9 Å². The van der Waals surface area contributed by atoms with Gasteiger partial charge in [0, 0.05) is 22.8 Å². The number of pyridine rings is 1. The van der Waals surface area contributed by atoms with Gasteiger partial charge in [0.25, 0.3) is 0 Å². The van der Waals surface area contributed by atoms with Crippen LogP contribution in [-0.2, 0) is 6.42 Å². The maximum absolute atomic E-state index is 9.92. The summed E-state index contributed by atoms with van der Waals surface area (Å²) in [6.45, 7) is 2.23. The van der Waals surface area contributed by atoms with Gasteiger partial charge in [0.05, 0.1) is 6.10 Å². The number of aliphatic hydroxyl groups excluding tert-OH is 1. The van der Waals surface area contributed by atoms with Gasteiger partial charge in [-0.1, -0.05) is 45.4 Å². The van der Waals surface area contributed by atoms with Gasteiger partial charge in [-0.2, -0.15) is 0 Å². The highest BCUT2D eigenvalue weighted by Gasteiger charge is 2.06. The zero-order chi connectivity index (χ0) is 13.2. The fourth-order valence-electron chi connectivity index (χ4n) is 2.03. The second-order valence-electron chi connectivity index (χ2n) is 4.88. The summed E-state index contributed by atoms with van der Waals surface area (Å²) in [5.74, 6) is 0. The molecule has 2 nitrogen and oxygen atoms in total. The molecule has 18 heavy (non-hydrogen) atoms. The molecule has 0 saturated heterocycles. The Morgan fingerprint density at radius 3 is 2.56 bits per heavy atom. The second kappa shape index (κ2) is 9.51. The number of aliphatic hydroxyl groups is 1. The van der Waals surface area contributed by atoms with Crippen molar-refractivity contribution < 1.29 is 5.11 Å². The maximum atomic E-state index is 9.92. The Kier molecular flexibility index (Phi) is 8.27. The topological polar surface area (TPSA) is 33.1 Å². The van der Waals surface area contributed by atoms with E-state index in [1.165, 1.54) is 32.1 Å². The zero-order valence-corrected chi connectivity index (χ0v) is 12.8. The Bertz CT molecular complexity index is 313. The van der Waals surface area contributed by atoms with Crippen molar-refractivity contribution in [3.8, 4) is 0 Å². The largest absolute Gasteiger partial charge is 0.393 e. The molecule has 1 heterocycles. The van der Waals surface area contributed by atoms with Gasteiger partial charge in [0.2, 0.25) is 0 Å². The van der Waals surface area contributed by atoms with E-state index >= 15 is 0 Å². The summed E-state index contributed by atoms with van der Waals surface area (Å²) >= 11 is 3.36. The molecule has 0 saturated carbocycles. The highest BCUT2D eigenvalue weighted by molar-refractivity contribution is 9.10. The molecule has 0 spiro atoms. The zero-order valence-electron chi connectivity index (χ0n) is 11.2. The van der Waals surface area contributed by atoms with Gasteiger partial charge in [-0.05, 0) is 34.5 Å². The molecule has 1 aromatic heterocycles. The maximum Gasteiger partial charge on any atom is 0.0595 e. The Morgan fingerprint density at radius 2 is 1.89 bits per heavy atom. The van der Waals surface area contributed by atoms with E-state index in [2.05, 4.69) is 27.8 Å². The van der Waals surface area contributed by atoms with Gasteiger partial charge in [-0.3, -0.25) is 4.98 Å². The van der Waals surface area contributed by atoms with Crippen molar-refractivity contribution in [2.24, 2.45) is 0 Å². The van der Waals surface area contributed by atoms with Crippen LogP contribution in [0.25, 0.3) is 0 Å². The fourth-order valence-corrected chi connectivity index (χ4v) is 2.27. The highest BCUT2D eigenvalue weighted by atomic mass is 79.9. The standard InChI is InChI=1S/C15H24BrNO/c1-2-3-4-5-6-7-8-15(18)11-14-10-9-13(16)12-17-14/h9-10,12,15,18H,2-8,11H2,1H3. The van der Waals surface area contributed by atoms with Crippen molar-refractivity contribution in [2.45, 2.75) is 64.4 Å². The Morgan fingerprint density at radius 1 is 1.17 bits per heavy atom. The Balaban J connectivity index is 2.10. The summed E-state index contributed by atoms with van der Waals surface area (Å²) in [6, 6.07) is 3.94. The lowest BCUT2D eigenvalue weighted by Crippen LogP contribution is -2.11. The van der Waals surface area contributed by atoms with Crippen molar-refractivity contribution in [1.82, 2.24) is 4.98 Å². The predicted octanol–water partition coefficient (Wildman–Crippen LogP) is 4.50. The van der Waals surface area contributed by atoms with Gasteiger partial charge in [0.1, 0.15) is 0 Å². The van der Waals surface area contributed by atoms with E-state index in [0.717, 1.165) is 23.0 Å². The van der Waals surface area contributed by atoms with Crippen LogP contribution in [0.3, 0.4) is 0 Å². The number of halogens is 1. The van der Waals surface area contributed by atoms with Crippen LogP contribution < -0.4 is 0 Å². The van der Waals surface area contributed by atoms with Gasteiger partial charge < -0.3 is 5.11 Å². The first kappa shape index (κ1) is 15.6. The molecular formula is C15H24BrNO. The molecular weight excluding hydrogens is 290 g/mol. The van der Waals surface area contributed by atoms with E-state index in [0.29, 0.717) is 6.42 Å². The third-order valence-corrected chi connectivity index (χ3v) is 3.59. The monoisotopic (exact) mass is 313 g/mol. The number of nitrogens with zero attached hydrogens (tertiary/aromatic N) is 1. The van der Waals surface area contributed by atoms with Gasteiger partial charge in [0.15, 0.2) is 0 Å². The van der Waals surface area contributed by atoms with Crippen LogP contribution in [0.2, 0.25) is 0 Å². The Labute approximate surface area is 119 Å². The third kappa shape index (κ3) is 7.12. The van der Waals surface area contributed by atoms with Crippen LogP contribution in [0.5, 0.6) is 0 Å². The van der Waals surface area contributed by atoms with E-state index in [4.69, 9.17) is 0 Å². The predicted molar refractivity (Wildman–Crippen MR) is 79.6 cm³/mol. The summed E-state index contributed by atoms with van der Waals surface area (Å²) in [5, 5.41) is 9.92. The average Bonchev–Trinajstić information content (AvgIpc) is 2.36. The smallest absolute Gasteiger partial charge is 0.0595 e. The van der Waals surface area contributed by atoms with E-state index in [1.54, 1.807) is 6.20 Å². The van der Waals surface area contributed by atoms with Crippen LogP contribution in [0.15, 0.2) is 22.8 Å². The number of hydrogen-bond donors (Lipinski definition) is 1. The minimum atomic E-state index is -0.246. The molecule has 1 unspecified atom stereocenters. The summed E-state index contributed by atoms with van der Waals surface area (Å²) in [6.07, 6.45) is 10.7. The molecule has 102 valence electrons. The van der Waals surface area contributed by atoms with Gasteiger partial charge >= 0.3 is 0 Å². The molecule has 0 fully saturated rings. The number of unbranched alkanes of at least 4 members (excludes halogenated alkanes) is 5. The van der Waals surface area contributed by atoms with Crippen LogP contribution in [-0.4, -0.2) is 16.2 Å². The van der Waals surface area contributed by atoms with E-state index in [9.17, 15) is 5.11 Å². The fraction of sp³-hybridized carbons (Fsp3) is 0.667. The second-order valence-corrected chi connectivity index (χ2v) is 5.80. The van der Waals surface area contributed by atoms with Crippen molar-refractivity contribution in [1.29, 1.82) is 0 Å². The van der Waals surface area contributed by atoms with Crippen molar-refractivity contribution in [3.05, 3.63) is 28.5 Å². The first-order valence-electron chi connectivity index (χ1n) is 7.01. The lowest BCUT2D eigenvalue weighted by molar-refractivity contribution is 0.159. The molecule has 0 radical (unpaired) electrons. The summed E-state index contributed by atoms with van der Waals surface area (Å²) in [7, 11) is 0. The van der Waals surface area contributed by atoms with Crippen molar-refractivity contribution in [3.63, 3.8) is 0 Å². The molecule has 0 aromatic carbocycles. The number of hydrogen-bond acceptors (Lipinski definition) is 2. The third-order valence-electron chi connectivity index (χ3n) is 3.12. The minimum Gasteiger partial charge on any atom is -0.393 e. The molecule has 0 bridgehead atoms. The first-order valence-corrected chi connectivity index (χ1v) is 7.80. The molecule has 3 heteroatoms. The average molecular weight is 314 g/mol. The van der Waals surface area contributed by atoms with E-state index < -0.39 is 0 Å². The molecule has 0 aliphatic rings. The highest BCUT2D eigenvalue weighted by Crippen LogP contribution is 2.12. The Hall–Kier alpha value is -0.410. The summed E-state index contributed by atoms with van der Waals surface area (Å²) in [4.78, 5) is 4.28. The number of rotatable bonds is 9. The molecule has 1 atom stereocenters. The summed E-state index contributed by atoms with van der Waals surface area (Å²) < 4.78 is 0.983. The van der Waals surface area contributed by atoms with E-state index in [-0.39, 0.29) is 6.10 Å². The SMILES string of the molecule is CCCCCCCCC(O)Cc1ccc(Br)cn1. The molecule has 1 rings (SSSR count). The van der Waals surface area contributed by atoms with Gasteiger partial charge in [-0.25, -0.2) is 0 Å². The lowest BCUT2D eigenvalue weighted by Gasteiger charge is -2.09. The molecule has 0 aliphatic heterocycles. The molecule has 1 aromatic rings. The van der Waals surface area contributed by atoms with Gasteiger partial charge in [-0.15, -0.1) is 0 Å². The van der Waals surface area contributed by atoms with Crippen molar-refractivity contribution in [2.75, 3.05) is 0 Å². The molecule has 1 N–H and O–H groups in total. The summed E-state index contributed by atoms with van der Waals surface area (Å²) in [5.41, 5.74) is 0.969. The quantitative estimate of drug-likeness (QED) is 0.681. The normalized spacial score (nSPS) is 12.6. The minimum absolute atomic E-state index is 0.246. The molecule has 0 amide bonds. The molecule has 0 aliphatic carbocycles. The number of aromatic nitrogens is 1. The van der Waals surface area contributed by atoms with Crippen LogP contribution in [0.4, 0.5) is 0 Å². The first-order chi connectivity index (χ1) is 8.72. The lowest BCUT2D eigenvalue weighted by atomic mass is 10.0. The van der Waals surface area contributed by atoms with E-state index in [1.807, 2.05) is 12.1 Å². The van der Waals surface area contributed by atoms with Crippen molar-refractivity contribution >= 4 is 15.9 Å². The van der Waals surface area contributed by atoms with Crippen LogP contribution in [0, 0.1) is 0 Å². The van der Waals surface area contributed by atoms with Crippen LogP contribution in [0.1, 0.15) is 57.6 Å².